The molecule has 0 aromatic carbocycles. The maximum absolute atomic E-state index is 13.0. The molecule has 1 unspecified atom stereocenters. The summed E-state index contributed by atoms with van der Waals surface area (Å²) in [6, 6.07) is 0. The zero-order chi connectivity index (χ0) is 33.2. The van der Waals surface area contributed by atoms with Gasteiger partial charge in [0.15, 0.2) is 0 Å². The number of carbonyl (C=O) groups excluding carboxylic acids is 1. The molecule has 5 saturated carbocycles. The Hall–Kier alpha value is -1.36. The third kappa shape index (κ3) is 5.45. The van der Waals surface area contributed by atoms with Crippen LogP contribution < -0.4 is 5.32 Å². The second kappa shape index (κ2) is 12.0. The lowest BCUT2D eigenvalue weighted by molar-refractivity contribution is -0.250. The van der Waals surface area contributed by atoms with Crippen molar-refractivity contribution in [2.75, 3.05) is 13.1 Å². The van der Waals surface area contributed by atoms with Crippen molar-refractivity contribution < 1.29 is 19.4 Å². The van der Waals surface area contributed by atoms with Crippen LogP contribution in [0.25, 0.3) is 0 Å². The first-order chi connectivity index (χ1) is 20.9. The van der Waals surface area contributed by atoms with Crippen molar-refractivity contribution in [1.29, 1.82) is 0 Å². The molecule has 5 aliphatic rings. The van der Waals surface area contributed by atoms with Crippen molar-refractivity contribution in [3.8, 4) is 0 Å². The van der Waals surface area contributed by atoms with Gasteiger partial charge in [-0.1, -0.05) is 53.7 Å². The van der Waals surface area contributed by atoms with Gasteiger partial charge in [0.05, 0.1) is 11.8 Å². The summed E-state index contributed by atoms with van der Waals surface area (Å²) in [5, 5.41) is 13.2. The van der Waals surface area contributed by atoms with Crippen molar-refractivity contribution in [1.82, 2.24) is 5.32 Å². The Bertz CT molecular complexity index is 1160. The van der Waals surface area contributed by atoms with Crippen LogP contribution in [-0.4, -0.2) is 36.2 Å². The van der Waals surface area contributed by atoms with Crippen LogP contribution >= 0.6 is 0 Å². The van der Waals surface area contributed by atoms with Crippen LogP contribution in [0.2, 0.25) is 0 Å². The number of rotatable bonds is 10. The second-order valence-corrected chi connectivity index (χ2v) is 18.7. The van der Waals surface area contributed by atoms with Gasteiger partial charge >= 0.3 is 11.9 Å². The molecule has 45 heavy (non-hydrogen) atoms. The number of nitrogens with one attached hydrogen (secondary N) is 1. The molecule has 0 bridgehead atoms. The van der Waals surface area contributed by atoms with Gasteiger partial charge in [0.2, 0.25) is 0 Å². The zero-order valence-corrected chi connectivity index (χ0v) is 30.4. The number of hydrogen-bond acceptors (Lipinski definition) is 4. The monoisotopic (exact) mass is 626 g/mol. The molecule has 0 aliphatic heterocycles. The maximum Gasteiger partial charge on any atom is 0.309 e. The standard InChI is InChI=1S/C40H67NO4/c1-11-41-24-12-18-40-21-15-27(26(2)3)33(40)28-13-14-30-37(8)19-17-31(45-32(42)25-35(4,5)34(43)44)36(6,7)29(37)16-20-39(30,10)38(28,9)22-23-40/h27-31,33,41H,2,11-25H2,1,3-10H3,(H,43,44)/t27?,28-,29+,30-,31+,33-,37+,38-,39-,40-/m1/s1. The van der Waals surface area contributed by atoms with Gasteiger partial charge < -0.3 is 15.2 Å². The fourth-order valence-electron chi connectivity index (χ4n) is 13.3. The van der Waals surface area contributed by atoms with Crippen molar-refractivity contribution in [2.24, 2.45) is 62.1 Å². The van der Waals surface area contributed by atoms with E-state index in [0.29, 0.717) is 34.0 Å². The smallest absolute Gasteiger partial charge is 0.309 e. The molecule has 2 N–H and O–H groups in total. The Morgan fingerprint density at radius 2 is 1.62 bits per heavy atom. The first-order valence-corrected chi connectivity index (χ1v) is 18.7. The van der Waals surface area contributed by atoms with Gasteiger partial charge in [-0.25, -0.2) is 0 Å². The Morgan fingerprint density at radius 1 is 0.911 bits per heavy atom. The molecule has 5 aliphatic carbocycles. The van der Waals surface area contributed by atoms with Crippen LogP contribution in [0.15, 0.2) is 12.2 Å². The summed E-state index contributed by atoms with van der Waals surface area (Å²) in [7, 11) is 0. The fourth-order valence-corrected chi connectivity index (χ4v) is 13.3. The maximum atomic E-state index is 13.0. The molecule has 10 atom stereocenters. The van der Waals surface area contributed by atoms with E-state index in [1.807, 2.05) is 0 Å². The van der Waals surface area contributed by atoms with Gasteiger partial charge in [-0.15, -0.1) is 0 Å². The molecule has 0 aromatic heterocycles. The average molecular weight is 626 g/mol. The number of fused-ring (bicyclic) bond motifs is 7. The summed E-state index contributed by atoms with van der Waals surface area (Å²) in [5.74, 6) is 2.09. The van der Waals surface area contributed by atoms with Gasteiger partial charge in [-0.05, 0) is 162 Å². The minimum absolute atomic E-state index is 0.0831. The van der Waals surface area contributed by atoms with Crippen LogP contribution in [0.1, 0.15) is 146 Å². The van der Waals surface area contributed by atoms with Gasteiger partial charge in [-0.3, -0.25) is 9.59 Å². The van der Waals surface area contributed by atoms with Crippen molar-refractivity contribution >= 4 is 11.9 Å². The number of carbonyl (C=O) groups is 2. The molecule has 0 amide bonds. The normalized spacial score (nSPS) is 43.8. The van der Waals surface area contributed by atoms with E-state index in [2.05, 4.69) is 60.4 Å². The molecule has 5 rings (SSSR count). The Labute approximate surface area is 275 Å². The molecule has 256 valence electrons. The fraction of sp³-hybridized carbons (Fsp3) is 0.900. The Balaban J connectivity index is 1.39. The van der Waals surface area contributed by atoms with Crippen LogP contribution in [0.4, 0.5) is 0 Å². The molecular formula is C40H67NO4. The number of carboxylic acid groups (broad SMARTS) is 1. The zero-order valence-electron chi connectivity index (χ0n) is 30.4. The molecule has 5 heteroatoms. The highest BCUT2D eigenvalue weighted by molar-refractivity contribution is 5.81. The number of hydrogen-bond donors (Lipinski definition) is 2. The topological polar surface area (TPSA) is 75.6 Å². The number of allylic oxidation sites excluding steroid dienone is 1. The van der Waals surface area contributed by atoms with Crippen LogP contribution in [0.5, 0.6) is 0 Å². The first kappa shape index (κ1) is 35.0. The van der Waals surface area contributed by atoms with E-state index in [-0.39, 0.29) is 29.3 Å². The number of ether oxygens (including phenoxy) is 1. The third-order valence-corrected chi connectivity index (χ3v) is 15.9. The van der Waals surface area contributed by atoms with Gasteiger partial charge in [0.1, 0.15) is 6.10 Å². The highest BCUT2D eigenvalue weighted by Crippen LogP contribution is 2.78. The lowest BCUT2D eigenvalue weighted by Crippen LogP contribution is -2.66. The SMILES string of the molecule is C=C(C)C1CC[C@]2(CCCNCC)CC[C@]3(C)[C@H](CC[C@@H]4[C@@]5(C)CC[C@H](OC(=O)CC(C)(C)C(=O)O)C(C)(C)[C@@H]5CC[C@]43C)[C@@H]12. The summed E-state index contributed by atoms with van der Waals surface area (Å²) in [6.45, 7) is 27.3. The molecule has 0 saturated heterocycles. The van der Waals surface area contributed by atoms with E-state index in [0.717, 1.165) is 37.8 Å². The predicted octanol–water partition coefficient (Wildman–Crippen LogP) is 9.45. The first-order valence-electron chi connectivity index (χ1n) is 18.7. The molecular weight excluding hydrogens is 558 g/mol. The lowest BCUT2D eigenvalue weighted by atomic mass is 9.32. The number of aliphatic carboxylic acids is 1. The Morgan fingerprint density at radius 3 is 2.27 bits per heavy atom. The minimum Gasteiger partial charge on any atom is -0.481 e. The van der Waals surface area contributed by atoms with Gasteiger partial charge in [-0.2, -0.15) is 0 Å². The van der Waals surface area contributed by atoms with E-state index >= 15 is 0 Å². The summed E-state index contributed by atoms with van der Waals surface area (Å²) in [5.41, 5.74) is 1.54. The predicted molar refractivity (Wildman–Crippen MR) is 183 cm³/mol. The van der Waals surface area contributed by atoms with Crippen molar-refractivity contribution in [3.05, 3.63) is 12.2 Å². The van der Waals surface area contributed by atoms with Crippen molar-refractivity contribution in [2.45, 2.75) is 152 Å². The van der Waals surface area contributed by atoms with Crippen LogP contribution in [0.3, 0.4) is 0 Å². The summed E-state index contributed by atoms with van der Waals surface area (Å²) in [6.07, 6.45) is 15.0. The number of carboxylic acids is 1. The highest BCUT2D eigenvalue weighted by atomic mass is 16.5. The quantitative estimate of drug-likeness (QED) is 0.144. The van der Waals surface area contributed by atoms with E-state index in [9.17, 15) is 14.7 Å². The van der Waals surface area contributed by atoms with Crippen LogP contribution in [0, 0.1) is 62.1 Å². The molecule has 5 nitrogen and oxygen atoms in total. The van der Waals surface area contributed by atoms with Gasteiger partial charge in [0.25, 0.3) is 0 Å². The molecule has 5 fully saturated rings. The summed E-state index contributed by atoms with van der Waals surface area (Å²) >= 11 is 0. The van der Waals surface area contributed by atoms with E-state index < -0.39 is 11.4 Å². The van der Waals surface area contributed by atoms with Crippen LogP contribution in [-0.2, 0) is 14.3 Å². The summed E-state index contributed by atoms with van der Waals surface area (Å²) in [4.78, 5) is 24.7. The minimum atomic E-state index is -1.11. The average Bonchev–Trinajstić information content (AvgIpc) is 3.33. The Kier molecular flexibility index (Phi) is 9.29. The van der Waals surface area contributed by atoms with E-state index in [1.165, 1.54) is 69.8 Å². The molecule has 0 spiro atoms. The number of esters is 1. The lowest BCUT2D eigenvalue weighted by Gasteiger charge is -2.73. The largest absolute Gasteiger partial charge is 0.481 e. The summed E-state index contributed by atoms with van der Waals surface area (Å²) < 4.78 is 6.18. The van der Waals surface area contributed by atoms with E-state index in [4.69, 9.17) is 4.74 Å². The molecule has 0 radical (unpaired) electrons. The van der Waals surface area contributed by atoms with Gasteiger partial charge in [0, 0.05) is 5.41 Å². The second-order valence-electron chi connectivity index (χ2n) is 18.7. The molecule has 0 aromatic rings. The molecule has 0 heterocycles. The highest BCUT2D eigenvalue weighted by Gasteiger charge is 2.71. The van der Waals surface area contributed by atoms with E-state index in [1.54, 1.807) is 13.8 Å². The van der Waals surface area contributed by atoms with Crippen molar-refractivity contribution in [3.63, 3.8) is 0 Å². The third-order valence-electron chi connectivity index (χ3n) is 15.9.